The van der Waals surface area contributed by atoms with E-state index in [-0.39, 0.29) is 0 Å². The van der Waals surface area contributed by atoms with E-state index in [1.807, 2.05) is 6.07 Å². The van der Waals surface area contributed by atoms with Crippen molar-refractivity contribution in [1.82, 2.24) is 5.32 Å². The lowest BCUT2D eigenvalue weighted by molar-refractivity contribution is 0.300. The summed E-state index contributed by atoms with van der Waals surface area (Å²) in [5.74, 6) is 2.01. The first-order chi connectivity index (χ1) is 9.31. The Labute approximate surface area is 125 Å². The van der Waals surface area contributed by atoms with Gasteiger partial charge < -0.3 is 9.73 Å². The highest BCUT2D eigenvalue weighted by Crippen LogP contribution is 2.32. The molecular weight excluding hydrogens is 302 g/mol. The van der Waals surface area contributed by atoms with Crippen molar-refractivity contribution < 1.29 is 4.42 Å². The van der Waals surface area contributed by atoms with Crippen molar-refractivity contribution in [3.8, 4) is 0 Å². The summed E-state index contributed by atoms with van der Waals surface area (Å²) in [5, 5.41) is 3.63. The van der Waals surface area contributed by atoms with Gasteiger partial charge in [-0.05, 0) is 53.7 Å². The summed E-state index contributed by atoms with van der Waals surface area (Å²) in [5.41, 5.74) is 0. The molecular formula is C16H26BrNO. The van der Waals surface area contributed by atoms with Crippen LogP contribution in [0.25, 0.3) is 0 Å². The molecule has 0 bridgehead atoms. The monoisotopic (exact) mass is 327 g/mol. The average Bonchev–Trinajstić information content (AvgIpc) is 2.86. The molecule has 0 aromatic carbocycles. The van der Waals surface area contributed by atoms with E-state index in [0.29, 0.717) is 6.04 Å². The molecule has 1 unspecified atom stereocenters. The first-order valence-electron chi connectivity index (χ1n) is 7.77. The molecule has 1 aliphatic rings. The molecule has 0 radical (unpaired) electrons. The molecule has 1 aromatic heterocycles. The number of hydrogen-bond donors (Lipinski definition) is 1. The van der Waals surface area contributed by atoms with Crippen molar-refractivity contribution in [3.63, 3.8) is 0 Å². The Balaban J connectivity index is 1.88. The summed E-state index contributed by atoms with van der Waals surface area (Å²) in [4.78, 5) is 0. The second kappa shape index (κ2) is 8.11. The lowest BCUT2D eigenvalue weighted by Crippen LogP contribution is -2.23. The molecule has 3 heteroatoms. The van der Waals surface area contributed by atoms with E-state index in [9.17, 15) is 0 Å². The molecule has 0 saturated heterocycles. The normalized spacial score (nSPS) is 18.6. The minimum Gasteiger partial charge on any atom is -0.466 e. The van der Waals surface area contributed by atoms with E-state index < -0.39 is 0 Å². The van der Waals surface area contributed by atoms with Crippen LogP contribution in [-0.2, 0) is 0 Å². The van der Waals surface area contributed by atoms with Crippen molar-refractivity contribution in [2.24, 2.45) is 5.92 Å². The van der Waals surface area contributed by atoms with Crippen LogP contribution in [0.1, 0.15) is 70.1 Å². The molecule has 19 heavy (non-hydrogen) atoms. The van der Waals surface area contributed by atoms with Crippen LogP contribution in [0, 0.1) is 5.92 Å². The standard InChI is InChI=1S/C16H26BrNO/c1-2-11-18-15(16-14(17)10-12-19-16)9-8-13-6-4-3-5-7-13/h10,12-13,15,18H,2-9,11H2,1H3. The highest BCUT2D eigenvalue weighted by Gasteiger charge is 2.20. The lowest BCUT2D eigenvalue weighted by atomic mass is 9.85. The van der Waals surface area contributed by atoms with Crippen molar-refractivity contribution in [3.05, 3.63) is 22.6 Å². The van der Waals surface area contributed by atoms with Crippen molar-refractivity contribution >= 4 is 15.9 Å². The van der Waals surface area contributed by atoms with Crippen LogP contribution in [0.4, 0.5) is 0 Å². The van der Waals surface area contributed by atoms with E-state index in [1.165, 1.54) is 44.9 Å². The fraction of sp³-hybridized carbons (Fsp3) is 0.750. The van der Waals surface area contributed by atoms with E-state index >= 15 is 0 Å². The van der Waals surface area contributed by atoms with Crippen LogP contribution in [0.15, 0.2) is 21.2 Å². The first-order valence-corrected chi connectivity index (χ1v) is 8.56. The highest BCUT2D eigenvalue weighted by atomic mass is 79.9. The van der Waals surface area contributed by atoms with Gasteiger partial charge in [-0.2, -0.15) is 0 Å². The second-order valence-corrected chi connectivity index (χ2v) is 6.58. The Morgan fingerprint density at radius 1 is 1.37 bits per heavy atom. The van der Waals surface area contributed by atoms with Gasteiger partial charge in [0.15, 0.2) is 0 Å². The Morgan fingerprint density at radius 3 is 2.79 bits per heavy atom. The molecule has 1 fully saturated rings. The van der Waals surface area contributed by atoms with Gasteiger partial charge in [-0.3, -0.25) is 0 Å². The smallest absolute Gasteiger partial charge is 0.134 e. The fourth-order valence-electron chi connectivity index (χ4n) is 3.08. The van der Waals surface area contributed by atoms with Crippen LogP contribution < -0.4 is 5.32 Å². The van der Waals surface area contributed by atoms with Crippen molar-refractivity contribution in [1.29, 1.82) is 0 Å². The van der Waals surface area contributed by atoms with Gasteiger partial charge in [-0.1, -0.05) is 39.0 Å². The van der Waals surface area contributed by atoms with Crippen LogP contribution in [0.2, 0.25) is 0 Å². The number of hydrogen-bond acceptors (Lipinski definition) is 2. The molecule has 2 nitrogen and oxygen atoms in total. The van der Waals surface area contributed by atoms with Gasteiger partial charge in [0, 0.05) is 0 Å². The summed E-state index contributed by atoms with van der Waals surface area (Å²) in [7, 11) is 0. The van der Waals surface area contributed by atoms with E-state index in [4.69, 9.17) is 4.42 Å². The van der Waals surface area contributed by atoms with Crippen LogP contribution >= 0.6 is 15.9 Å². The highest BCUT2D eigenvalue weighted by molar-refractivity contribution is 9.10. The Bertz CT molecular complexity index is 357. The maximum Gasteiger partial charge on any atom is 0.134 e. The van der Waals surface area contributed by atoms with E-state index in [0.717, 1.165) is 29.1 Å². The number of rotatable bonds is 7. The van der Waals surface area contributed by atoms with Crippen LogP contribution in [0.3, 0.4) is 0 Å². The average molecular weight is 328 g/mol. The first kappa shape index (κ1) is 15.1. The summed E-state index contributed by atoms with van der Waals surface area (Å²) >= 11 is 3.59. The summed E-state index contributed by atoms with van der Waals surface area (Å²) in [6.07, 6.45) is 12.6. The molecule has 0 amide bonds. The molecule has 1 saturated carbocycles. The molecule has 1 heterocycles. The van der Waals surface area contributed by atoms with Gasteiger partial charge in [0.05, 0.1) is 16.8 Å². The van der Waals surface area contributed by atoms with Gasteiger partial charge in [-0.25, -0.2) is 0 Å². The van der Waals surface area contributed by atoms with Gasteiger partial charge in [0.2, 0.25) is 0 Å². The second-order valence-electron chi connectivity index (χ2n) is 5.72. The maximum atomic E-state index is 5.65. The predicted molar refractivity (Wildman–Crippen MR) is 83.3 cm³/mol. The molecule has 0 spiro atoms. The third-order valence-electron chi connectivity index (χ3n) is 4.19. The zero-order chi connectivity index (χ0) is 13.5. The van der Waals surface area contributed by atoms with Gasteiger partial charge in [0.1, 0.15) is 5.76 Å². The minimum absolute atomic E-state index is 0.367. The predicted octanol–water partition coefficient (Wildman–Crippen LogP) is 5.44. The summed E-state index contributed by atoms with van der Waals surface area (Å²) in [6.45, 7) is 3.27. The third-order valence-corrected chi connectivity index (χ3v) is 4.85. The topological polar surface area (TPSA) is 25.2 Å². The number of halogens is 1. The molecule has 108 valence electrons. The molecule has 1 aromatic rings. The molecule has 1 aliphatic carbocycles. The molecule has 1 atom stereocenters. The zero-order valence-corrected chi connectivity index (χ0v) is 13.5. The Morgan fingerprint density at radius 2 is 2.16 bits per heavy atom. The maximum absolute atomic E-state index is 5.65. The third kappa shape index (κ3) is 4.64. The largest absolute Gasteiger partial charge is 0.466 e. The Kier molecular flexibility index (Phi) is 6.45. The van der Waals surface area contributed by atoms with Gasteiger partial charge in [0.25, 0.3) is 0 Å². The molecule has 1 N–H and O–H groups in total. The van der Waals surface area contributed by atoms with Crippen LogP contribution in [0.5, 0.6) is 0 Å². The van der Waals surface area contributed by atoms with E-state index in [1.54, 1.807) is 6.26 Å². The number of nitrogens with one attached hydrogen (secondary N) is 1. The number of furan rings is 1. The Hall–Kier alpha value is -0.280. The lowest BCUT2D eigenvalue weighted by Gasteiger charge is -2.24. The SMILES string of the molecule is CCCNC(CCC1CCCCC1)c1occc1Br. The molecule has 0 aliphatic heterocycles. The van der Waals surface area contributed by atoms with Crippen molar-refractivity contribution in [2.45, 2.75) is 64.3 Å². The molecule has 2 rings (SSSR count). The van der Waals surface area contributed by atoms with Crippen LogP contribution in [-0.4, -0.2) is 6.54 Å². The quantitative estimate of drug-likeness (QED) is 0.720. The summed E-state index contributed by atoms with van der Waals surface area (Å²) < 4.78 is 6.76. The zero-order valence-electron chi connectivity index (χ0n) is 12.0. The van der Waals surface area contributed by atoms with Gasteiger partial charge >= 0.3 is 0 Å². The van der Waals surface area contributed by atoms with Crippen molar-refractivity contribution in [2.75, 3.05) is 6.54 Å². The minimum atomic E-state index is 0.367. The summed E-state index contributed by atoms with van der Waals surface area (Å²) in [6, 6.07) is 2.36. The van der Waals surface area contributed by atoms with E-state index in [2.05, 4.69) is 28.2 Å². The fourth-order valence-corrected chi connectivity index (χ4v) is 3.55. The van der Waals surface area contributed by atoms with Gasteiger partial charge in [-0.15, -0.1) is 0 Å².